The molecule has 0 radical (unpaired) electrons. The Labute approximate surface area is 168 Å². The fraction of sp³-hybridized carbons (Fsp3) is 0.350. The van der Waals surface area contributed by atoms with Crippen LogP contribution in [0.5, 0.6) is 0 Å². The summed E-state index contributed by atoms with van der Waals surface area (Å²) >= 11 is 0. The quantitative estimate of drug-likeness (QED) is 0.654. The molecule has 0 saturated carbocycles. The molecular formula is C20H23F3N2O3S. The maximum Gasteiger partial charge on any atom is 0.416 e. The largest absolute Gasteiger partial charge is 0.416 e. The molecule has 0 aromatic heterocycles. The van der Waals surface area contributed by atoms with Crippen LogP contribution in [0.3, 0.4) is 0 Å². The average Bonchev–Trinajstić information content (AvgIpc) is 2.64. The number of anilines is 1. The highest BCUT2D eigenvalue weighted by Crippen LogP contribution is 2.32. The van der Waals surface area contributed by atoms with Crippen molar-refractivity contribution in [1.29, 1.82) is 0 Å². The molecule has 0 aliphatic rings. The smallest absolute Gasteiger partial charge is 0.354 e. The van der Waals surface area contributed by atoms with E-state index >= 15 is 0 Å². The predicted molar refractivity (Wildman–Crippen MR) is 106 cm³/mol. The Kier molecular flexibility index (Phi) is 7.29. The van der Waals surface area contributed by atoms with E-state index in [-0.39, 0.29) is 5.69 Å². The van der Waals surface area contributed by atoms with E-state index in [1.807, 2.05) is 30.3 Å². The molecule has 1 N–H and O–H groups in total. The lowest BCUT2D eigenvalue weighted by atomic mass is 10.1. The Morgan fingerprint density at radius 2 is 1.76 bits per heavy atom. The number of nitrogens with zero attached hydrogens (tertiary/aromatic N) is 1. The van der Waals surface area contributed by atoms with Gasteiger partial charge in [-0.3, -0.25) is 9.10 Å². The van der Waals surface area contributed by atoms with Gasteiger partial charge in [-0.05, 0) is 43.5 Å². The van der Waals surface area contributed by atoms with E-state index in [1.54, 1.807) is 0 Å². The van der Waals surface area contributed by atoms with Gasteiger partial charge in [-0.15, -0.1) is 0 Å². The second-order valence-corrected chi connectivity index (χ2v) is 8.52. The zero-order valence-corrected chi connectivity index (χ0v) is 16.9. The van der Waals surface area contributed by atoms with E-state index < -0.39 is 33.7 Å². The van der Waals surface area contributed by atoms with Crippen molar-refractivity contribution in [2.24, 2.45) is 0 Å². The molecule has 0 aliphatic heterocycles. The van der Waals surface area contributed by atoms with Gasteiger partial charge in [0, 0.05) is 6.54 Å². The van der Waals surface area contributed by atoms with E-state index in [2.05, 4.69) is 5.32 Å². The summed E-state index contributed by atoms with van der Waals surface area (Å²) in [6.07, 6.45) is -2.39. The third-order valence-electron chi connectivity index (χ3n) is 4.30. The molecule has 0 saturated heterocycles. The highest BCUT2D eigenvalue weighted by Gasteiger charge is 2.33. The molecule has 2 aromatic rings. The van der Waals surface area contributed by atoms with E-state index in [9.17, 15) is 26.4 Å². The minimum Gasteiger partial charge on any atom is -0.354 e. The molecule has 9 heteroatoms. The van der Waals surface area contributed by atoms with Gasteiger partial charge in [-0.1, -0.05) is 36.4 Å². The first-order valence-electron chi connectivity index (χ1n) is 8.98. The maximum atomic E-state index is 13.0. The second-order valence-electron chi connectivity index (χ2n) is 6.66. The molecule has 0 aliphatic carbocycles. The first-order chi connectivity index (χ1) is 13.5. The van der Waals surface area contributed by atoms with Crippen LogP contribution in [0.1, 0.15) is 24.5 Å². The number of rotatable bonds is 8. The van der Waals surface area contributed by atoms with Crippen LogP contribution in [0, 0.1) is 0 Å². The fourth-order valence-electron chi connectivity index (χ4n) is 2.92. The summed E-state index contributed by atoms with van der Waals surface area (Å²) in [6.45, 7) is 1.66. The Balaban J connectivity index is 2.09. The molecule has 0 heterocycles. The van der Waals surface area contributed by atoms with Gasteiger partial charge in [0.2, 0.25) is 15.9 Å². The standard InChI is InChI=1S/C20H23F3N2O3S/c1-15(19(26)24-13-7-10-16-8-4-3-5-9-16)25(29(2,27)28)18-12-6-11-17(14-18)20(21,22)23/h3-6,8-9,11-12,14-15H,7,10,13H2,1-2H3,(H,24,26)/t15-/m1/s1. The minimum absolute atomic E-state index is 0.214. The maximum absolute atomic E-state index is 13.0. The number of nitrogens with one attached hydrogen (secondary N) is 1. The van der Waals surface area contributed by atoms with E-state index in [4.69, 9.17) is 0 Å². The third-order valence-corrected chi connectivity index (χ3v) is 5.54. The van der Waals surface area contributed by atoms with Crippen LogP contribution in [0.15, 0.2) is 54.6 Å². The number of aryl methyl sites for hydroxylation is 1. The van der Waals surface area contributed by atoms with Crippen molar-refractivity contribution >= 4 is 21.6 Å². The highest BCUT2D eigenvalue weighted by molar-refractivity contribution is 7.92. The lowest BCUT2D eigenvalue weighted by molar-refractivity contribution is -0.137. The van der Waals surface area contributed by atoms with Crippen molar-refractivity contribution in [3.05, 3.63) is 65.7 Å². The van der Waals surface area contributed by atoms with E-state index in [0.717, 1.165) is 36.4 Å². The number of carbonyl (C=O) groups is 1. The normalized spacial score (nSPS) is 13.0. The van der Waals surface area contributed by atoms with Gasteiger partial charge in [-0.25, -0.2) is 8.42 Å². The minimum atomic E-state index is -4.62. The molecular weight excluding hydrogens is 405 g/mol. The molecule has 2 rings (SSSR count). The van der Waals surface area contributed by atoms with Crippen LogP contribution < -0.4 is 9.62 Å². The Morgan fingerprint density at radius 3 is 2.34 bits per heavy atom. The zero-order valence-electron chi connectivity index (χ0n) is 16.1. The lowest BCUT2D eigenvalue weighted by Crippen LogP contribution is -2.48. The monoisotopic (exact) mass is 428 g/mol. The molecule has 2 aromatic carbocycles. The molecule has 29 heavy (non-hydrogen) atoms. The summed E-state index contributed by atoms with van der Waals surface area (Å²) in [4.78, 5) is 12.5. The van der Waals surface area contributed by atoms with Crippen LogP contribution in [-0.2, 0) is 27.4 Å². The van der Waals surface area contributed by atoms with Gasteiger partial charge in [0.05, 0.1) is 17.5 Å². The Bertz CT molecular complexity index is 931. The van der Waals surface area contributed by atoms with E-state index in [1.165, 1.54) is 13.0 Å². The van der Waals surface area contributed by atoms with Crippen LogP contribution in [-0.4, -0.2) is 33.2 Å². The first-order valence-corrected chi connectivity index (χ1v) is 10.8. The van der Waals surface area contributed by atoms with Crippen LogP contribution in [0.2, 0.25) is 0 Å². The topological polar surface area (TPSA) is 66.5 Å². The van der Waals surface area contributed by atoms with Gasteiger partial charge in [0.25, 0.3) is 0 Å². The number of alkyl halides is 3. The molecule has 0 unspecified atom stereocenters. The van der Waals surface area contributed by atoms with Crippen molar-refractivity contribution < 1.29 is 26.4 Å². The van der Waals surface area contributed by atoms with Gasteiger partial charge in [0.1, 0.15) is 6.04 Å². The summed E-state index contributed by atoms with van der Waals surface area (Å²) in [5.74, 6) is -0.583. The molecule has 5 nitrogen and oxygen atoms in total. The number of sulfonamides is 1. The fourth-order valence-corrected chi connectivity index (χ4v) is 4.09. The summed E-state index contributed by atoms with van der Waals surface area (Å²) in [5.41, 5.74) is -0.0927. The van der Waals surface area contributed by atoms with Crippen molar-refractivity contribution in [3.8, 4) is 0 Å². The zero-order chi connectivity index (χ0) is 21.7. The number of benzene rings is 2. The van der Waals surface area contributed by atoms with Crippen LogP contribution in [0.25, 0.3) is 0 Å². The number of hydrogen-bond acceptors (Lipinski definition) is 3. The number of hydrogen-bond donors (Lipinski definition) is 1. The third kappa shape index (κ3) is 6.49. The first kappa shape index (κ1) is 22.7. The lowest BCUT2D eigenvalue weighted by Gasteiger charge is -2.28. The van der Waals surface area contributed by atoms with Crippen molar-refractivity contribution in [3.63, 3.8) is 0 Å². The summed E-state index contributed by atoms with van der Waals surface area (Å²) in [7, 11) is -3.99. The number of carbonyl (C=O) groups excluding carboxylic acids is 1. The van der Waals surface area contributed by atoms with Gasteiger partial charge >= 0.3 is 6.18 Å². The van der Waals surface area contributed by atoms with Crippen LogP contribution in [0.4, 0.5) is 18.9 Å². The second kappa shape index (κ2) is 9.30. The van der Waals surface area contributed by atoms with Crippen molar-refractivity contribution in [2.45, 2.75) is 32.0 Å². The number of halogens is 3. The van der Waals surface area contributed by atoms with Crippen molar-refractivity contribution in [1.82, 2.24) is 5.32 Å². The molecule has 1 amide bonds. The summed E-state index contributed by atoms with van der Waals surface area (Å²) in [6, 6.07) is 12.4. The van der Waals surface area contributed by atoms with Crippen LogP contribution >= 0.6 is 0 Å². The van der Waals surface area contributed by atoms with Gasteiger partial charge < -0.3 is 5.32 Å². The Hall–Kier alpha value is -2.55. The number of amides is 1. The molecule has 0 spiro atoms. The highest BCUT2D eigenvalue weighted by atomic mass is 32.2. The molecule has 0 bridgehead atoms. The summed E-state index contributed by atoms with van der Waals surface area (Å²) < 4.78 is 64.1. The Morgan fingerprint density at radius 1 is 1.10 bits per heavy atom. The SMILES string of the molecule is C[C@H](C(=O)NCCCc1ccccc1)N(c1cccc(C(F)(F)F)c1)S(C)(=O)=O. The molecule has 0 fully saturated rings. The van der Waals surface area contributed by atoms with E-state index in [0.29, 0.717) is 17.3 Å². The van der Waals surface area contributed by atoms with Gasteiger partial charge in [-0.2, -0.15) is 13.2 Å². The van der Waals surface area contributed by atoms with Crippen molar-refractivity contribution in [2.75, 3.05) is 17.1 Å². The summed E-state index contributed by atoms with van der Waals surface area (Å²) in [5, 5.41) is 2.65. The van der Waals surface area contributed by atoms with Gasteiger partial charge in [0.15, 0.2) is 0 Å². The molecule has 1 atom stereocenters. The average molecular weight is 428 g/mol. The molecule has 158 valence electrons. The predicted octanol–water partition coefficient (Wildman–Crippen LogP) is 3.61.